The molecule has 0 spiro atoms. The number of methoxy groups -OCH3 is 1. The lowest BCUT2D eigenvalue weighted by atomic mass is 9.94. The Morgan fingerprint density at radius 3 is 3.10 bits per heavy atom. The van der Waals surface area contributed by atoms with E-state index in [9.17, 15) is 4.79 Å². The number of hydrogen-bond donors (Lipinski definition) is 1. The van der Waals surface area contributed by atoms with E-state index < -0.39 is 0 Å². The Morgan fingerprint density at radius 2 is 2.30 bits per heavy atom. The van der Waals surface area contributed by atoms with Gasteiger partial charge in [-0.3, -0.25) is 14.6 Å². The molecule has 1 N–H and O–H groups in total. The fourth-order valence-corrected chi connectivity index (χ4v) is 3.53. The first kappa shape index (κ1) is 11.8. The Morgan fingerprint density at radius 1 is 1.45 bits per heavy atom. The normalized spacial score (nSPS) is 29.7. The first-order chi connectivity index (χ1) is 9.62. The molecule has 0 aromatic heterocycles. The summed E-state index contributed by atoms with van der Waals surface area (Å²) in [5.41, 5.74) is 2.21. The monoisotopic (exact) mass is 277 g/mol. The van der Waals surface area contributed by atoms with Gasteiger partial charge in [0, 0.05) is 6.42 Å². The van der Waals surface area contributed by atoms with E-state index in [-0.39, 0.29) is 18.9 Å². The standard InChI is InChI=1S/C14H16N2O4/c1-16-4-3-8-5-9-12(20-7-19-9)13(18-2)11(8)14(16)15-10(17)6-16/h5,14H,3-4,6-7H2,1-2H3/p+1/t14-,16-/m0/s1. The Labute approximate surface area is 116 Å². The predicted molar refractivity (Wildman–Crippen MR) is 69.6 cm³/mol. The van der Waals surface area contributed by atoms with Gasteiger partial charge in [0.1, 0.15) is 0 Å². The Kier molecular flexibility index (Phi) is 2.24. The molecular weight excluding hydrogens is 260 g/mol. The number of amides is 1. The zero-order chi connectivity index (χ0) is 13.9. The van der Waals surface area contributed by atoms with E-state index in [0.29, 0.717) is 22.5 Å². The van der Waals surface area contributed by atoms with Crippen molar-refractivity contribution in [2.75, 3.05) is 34.0 Å². The van der Waals surface area contributed by atoms with Crippen molar-refractivity contribution in [3.63, 3.8) is 0 Å². The van der Waals surface area contributed by atoms with Crippen LogP contribution in [0, 0.1) is 0 Å². The molecule has 0 radical (unpaired) electrons. The Hall–Kier alpha value is -1.95. The number of likely N-dealkylation sites (N-methyl/N-ethyl adjacent to an activating group) is 1. The van der Waals surface area contributed by atoms with E-state index in [1.54, 1.807) is 7.11 Å². The van der Waals surface area contributed by atoms with Gasteiger partial charge in [0.15, 0.2) is 24.2 Å². The largest absolute Gasteiger partial charge is 0.492 e. The number of ether oxygens (including phenoxy) is 3. The fraction of sp³-hybridized carbons (Fsp3) is 0.500. The van der Waals surface area contributed by atoms with E-state index in [4.69, 9.17) is 14.2 Å². The minimum Gasteiger partial charge on any atom is -0.492 e. The second-order valence-corrected chi connectivity index (χ2v) is 5.80. The van der Waals surface area contributed by atoms with Gasteiger partial charge in [-0.2, -0.15) is 0 Å². The fourth-order valence-electron chi connectivity index (χ4n) is 3.53. The van der Waals surface area contributed by atoms with Gasteiger partial charge in [0.25, 0.3) is 5.91 Å². The number of benzene rings is 1. The zero-order valence-electron chi connectivity index (χ0n) is 11.6. The van der Waals surface area contributed by atoms with Gasteiger partial charge in [-0.05, 0) is 11.6 Å². The Balaban J connectivity index is 1.93. The molecule has 1 saturated heterocycles. The van der Waals surface area contributed by atoms with Crippen LogP contribution in [0.4, 0.5) is 0 Å². The molecule has 20 heavy (non-hydrogen) atoms. The number of rotatable bonds is 1. The van der Waals surface area contributed by atoms with Crippen LogP contribution in [0.2, 0.25) is 0 Å². The van der Waals surface area contributed by atoms with Crippen molar-refractivity contribution >= 4 is 5.91 Å². The third-order valence-corrected chi connectivity index (χ3v) is 4.54. The van der Waals surface area contributed by atoms with Gasteiger partial charge in [0.05, 0.1) is 26.3 Å². The molecule has 6 heteroatoms. The van der Waals surface area contributed by atoms with Crippen molar-refractivity contribution in [1.82, 2.24) is 5.32 Å². The van der Waals surface area contributed by atoms with E-state index in [0.717, 1.165) is 24.3 Å². The molecule has 3 aliphatic rings. The van der Waals surface area contributed by atoms with E-state index in [2.05, 4.69) is 12.4 Å². The first-order valence-corrected chi connectivity index (χ1v) is 6.75. The smallest absolute Gasteiger partial charge is 0.280 e. The maximum Gasteiger partial charge on any atom is 0.280 e. The second-order valence-electron chi connectivity index (χ2n) is 5.80. The number of quaternary nitrogens is 1. The SMILES string of the molecule is COc1c2c(cc3c1[C@H]1NC(=O)C[N@+]1(C)CC3)OCO2. The van der Waals surface area contributed by atoms with Gasteiger partial charge in [-0.1, -0.05) is 0 Å². The number of nitrogens with one attached hydrogen (secondary N) is 1. The van der Waals surface area contributed by atoms with Crippen LogP contribution in [0.3, 0.4) is 0 Å². The molecule has 2 atom stereocenters. The van der Waals surface area contributed by atoms with Crippen molar-refractivity contribution in [3.8, 4) is 17.2 Å². The third-order valence-electron chi connectivity index (χ3n) is 4.54. The highest BCUT2D eigenvalue weighted by atomic mass is 16.7. The molecule has 3 heterocycles. The van der Waals surface area contributed by atoms with Gasteiger partial charge < -0.3 is 14.2 Å². The van der Waals surface area contributed by atoms with Crippen LogP contribution in [0.15, 0.2) is 6.07 Å². The average Bonchev–Trinajstić information content (AvgIpc) is 2.98. The number of hydrogen-bond acceptors (Lipinski definition) is 4. The van der Waals surface area contributed by atoms with E-state index in [1.165, 1.54) is 5.56 Å². The van der Waals surface area contributed by atoms with Gasteiger partial charge in [-0.25, -0.2) is 0 Å². The van der Waals surface area contributed by atoms with Crippen LogP contribution in [0.5, 0.6) is 17.2 Å². The maximum absolute atomic E-state index is 11.8. The average molecular weight is 277 g/mol. The number of fused-ring (bicyclic) bond motifs is 4. The molecule has 4 rings (SSSR count). The highest BCUT2D eigenvalue weighted by Gasteiger charge is 2.49. The van der Waals surface area contributed by atoms with Crippen LogP contribution in [0.25, 0.3) is 0 Å². The minimum absolute atomic E-state index is 0.0595. The lowest BCUT2D eigenvalue weighted by Crippen LogP contribution is -2.49. The van der Waals surface area contributed by atoms with Crippen molar-refractivity contribution in [2.24, 2.45) is 0 Å². The van der Waals surface area contributed by atoms with Crippen LogP contribution in [0.1, 0.15) is 17.3 Å². The summed E-state index contributed by atoms with van der Waals surface area (Å²) in [6.07, 6.45) is 0.847. The quantitative estimate of drug-likeness (QED) is 0.762. The number of carbonyl (C=O) groups excluding carboxylic acids is 1. The molecule has 6 nitrogen and oxygen atoms in total. The molecule has 1 aromatic rings. The summed E-state index contributed by atoms with van der Waals surface area (Å²) in [6.45, 7) is 1.67. The van der Waals surface area contributed by atoms with Gasteiger partial charge in [-0.15, -0.1) is 0 Å². The molecule has 0 saturated carbocycles. The molecule has 3 aliphatic heterocycles. The van der Waals surface area contributed by atoms with Crippen molar-refractivity contribution in [1.29, 1.82) is 0 Å². The topological polar surface area (TPSA) is 56.8 Å². The summed E-state index contributed by atoms with van der Waals surface area (Å²) >= 11 is 0. The second kappa shape index (κ2) is 3.79. The summed E-state index contributed by atoms with van der Waals surface area (Å²) in [5.74, 6) is 2.18. The summed E-state index contributed by atoms with van der Waals surface area (Å²) < 4.78 is 17.3. The van der Waals surface area contributed by atoms with Crippen LogP contribution < -0.4 is 19.5 Å². The predicted octanol–water partition coefficient (Wildman–Crippen LogP) is 0.555. The molecular formula is C14H17N2O4+. The lowest BCUT2D eigenvalue weighted by molar-refractivity contribution is -0.927. The lowest BCUT2D eigenvalue weighted by Gasteiger charge is -2.39. The van der Waals surface area contributed by atoms with Crippen LogP contribution in [-0.2, 0) is 11.2 Å². The summed E-state index contributed by atoms with van der Waals surface area (Å²) in [5, 5.41) is 3.08. The molecule has 1 aromatic carbocycles. The molecule has 0 bridgehead atoms. The molecule has 0 unspecified atom stereocenters. The van der Waals surface area contributed by atoms with Crippen molar-refractivity contribution < 1.29 is 23.5 Å². The first-order valence-electron chi connectivity index (χ1n) is 6.75. The highest BCUT2D eigenvalue weighted by molar-refractivity contribution is 5.79. The van der Waals surface area contributed by atoms with Gasteiger partial charge >= 0.3 is 0 Å². The number of carbonyl (C=O) groups is 1. The molecule has 1 fully saturated rings. The van der Waals surface area contributed by atoms with E-state index in [1.807, 2.05) is 6.07 Å². The number of nitrogens with zero attached hydrogens (tertiary/aromatic N) is 1. The molecule has 1 amide bonds. The molecule has 106 valence electrons. The maximum atomic E-state index is 11.8. The summed E-state index contributed by atoms with van der Waals surface area (Å²) in [4.78, 5) is 11.8. The molecule has 0 aliphatic carbocycles. The van der Waals surface area contributed by atoms with Crippen molar-refractivity contribution in [2.45, 2.75) is 12.6 Å². The zero-order valence-corrected chi connectivity index (χ0v) is 11.6. The van der Waals surface area contributed by atoms with Crippen LogP contribution >= 0.6 is 0 Å². The third kappa shape index (κ3) is 1.39. The minimum atomic E-state index is -0.0595. The summed E-state index contributed by atoms with van der Waals surface area (Å²) in [6, 6.07) is 2.02. The Bertz CT molecular complexity index is 616. The highest BCUT2D eigenvalue weighted by Crippen LogP contribution is 2.50. The van der Waals surface area contributed by atoms with Crippen LogP contribution in [-0.4, -0.2) is 44.4 Å². The van der Waals surface area contributed by atoms with E-state index >= 15 is 0 Å². The van der Waals surface area contributed by atoms with Crippen molar-refractivity contribution in [3.05, 3.63) is 17.2 Å². The van der Waals surface area contributed by atoms with Gasteiger partial charge in [0.2, 0.25) is 12.5 Å². The summed E-state index contributed by atoms with van der Waals surface area (Å²) in [7, 11) is 3.74.